The molecule has 0 rings (SSSR count). The van der Waals surface area contributed by atoms with Gasteiger partial charge in [-0.05, 0) is 53.9 Å². The van der Waals surface area contributed by atoms with Crippen LogP contribution in [-0.2, 0) is 0 Å². The molecule has 0 radical (unpaired) electrons. The Balaban J connectivity index is 3.22. The fourth-order valence-electron chi connectivity index (χ4n) is 1.34. The summed E-state index contributed by atoms with van der Waals surface area (Å²) in [5.74, 6) is 0. The second-order valence-corrected chi connectivity index (χ2v) is 4.10. The number of aliphatic hydroxyl groups is 1. The van der Waals surface area contributed by atoms with Crippen molar-refractivity contribution in [1.29, 1.82) is 0 Å². The van der Waals surface area contributed by atoms with Crippen LogP contribution in [0.3, 0.4) is 0 Å². The van der Waals surface area contributed by atoms with Crippen LogP contribution in [0.4, 0.5) is 0 Å². The zero-order valence-corrected chi connectivity index (χ0v) is 9.38. The number of aliphatic hydroxyl groups excluding tert-OH is 1. The van der Waals surface area contributed by atoms with Gasteiger partial charge in [0.25, 0.3) is 0 Å². The lowest BCUT2D eigenvalue weighted by Crippen LogP contribution is -2.31. The highest BCUT2D eigenvalue weighted by Crippen LogP contribution is 1.96. The van der Waals surface area contributed by atoms with Crippen LogP contribution in [0, 0.1) is 0 Å². The van der Waals surface area contributed by atoms with Gasteiger partial charge in [0.1, 0.15) is 0 Å². The highest BCUT2D eigenvalue weighted by atomic mass is 16.3. The fraction of sp³-hybridized carbons (Fsp3) is 1.00. The van der Waals surface area contributed by atoms with Crippen molar-refractivity contribution in [3.63, 3.8) is 0 Å². The maximum Gasteiger partial charge on any atom is 0.0526 e. The van der Waals surface area contributed by atoms with E-state index in [4.69, 9.17) is 5.11 Å². The number of hydrogen-bond donors (Lipinski definition) is 2. The Labute approximate surface area is 82.1 Å². The standard InChI is InChI=1S/C10H24N2O/c1-9(8-10(2)13)11-6-5-7-12(3)4/h9-11,13H,5-8H2,1-4H3. The Morgan fingerprint density at radius 3 is 2.38 bits per heavy atom. The molecule has 0 aromatic carbocycles. The Hall–Kier alpha value is -0.120. The lowest BCUT2D eigenvalue weighted by Gasteiger charge is -2.16. The van der Waals surface area contributed by atoms with Gasteiger partial charge < -0.3 is 15.3 Å². The van der Waals surface area contributed by atoms with Gasteiger partial charge in [-0.15, -0.1) is 0 Å². The van der Waals surface area contributed by atoms with Gasteiger partial charge in [-0.25, -0.2) is 0 Å². The van der Waals surface area contributed by atoms with Crippen LogP contribution in [-0.4, -0.2) is 49.3 Å². The molecule has 2 unspecified atom stereocenters. The summed E-state index contributed by atoms with van der Waals surface area (Å²) < 4.78 is 0. The quantitative estimate of drug-likeness (QED) is 0.577. The molecule has 0 aliphatic heterocycles. The number of rotatable bonds is 7. The molecule has 0 saturated heterocycles. The van der Waals surface area contributed by atoms with Crippen LogP contribution >= 0.6 is 0 Å². The third-order valence-electron chi connectivity index (χ3n) is 1.97. The first-order chi connectivity index (χ1) is 6.02. The van der Waals surface area contributed by atoms with E-state index in [9.17, 15) is 0 Å². The highest BCUT2D eigenvalue weighted by molar-refractivity contribution is 4.63. The minimum absolute atomic E-state index is 0.198. The lowest BCUT2D eigenvalue weighted by molar-refractivity contribution is 0.170. The van der Waals surface area contributed by atoms with Crippen molar-refractivity contribution >= 4 is 0 Å². The van der Waals surface area contributed by atoms with Crippen molar-refractivity contribution in [3.05, 3.63) is 0 Å². The molecule has 0 spiro atoms. The van der Waals surface area contributed by atoms with E-state index >= 15 is 0 Å². The minimum Gasteiger partial charge on any atom is -0.393 e. The van der Waals surface area contributed by atoms with Crippen LogP contribution < -0.4 is 5.32 Å². The summed E-state index contributed by atoms with van der Waals surface area (Å²) in [6.45, 7) is 6.10. The normalized spacial score (nSPS) is 16.2. The Morgan fingerprint density at radius 2 is 1.92 bits per heavy atom. The van der Waals surface area contributed by atoms with E-state index in [0.29, 0.717) is 6.04 Å². The number of nitrogens with one attached hydrogen (secondary N) is 1. The van der Waals surface area contributed by atoms with Crippen molar-refractivity contribution in [2.75, 3.05) is 27.2 Å². The van der Waals surface area contributed by atoms with Crippen LogP contribution in [0.15, 0.2) is 0 Å². The van der Waals surface area contributed by atoms with Crippen LogP contribution in [0.1, 0.15) is 26.7 Å². The minimum atomic E-state index is -0.198. The molecular weight excluding hydrogens is 164 g/mol. The van der Waals surface area contributed by atoms with E-state index in [1.165, 1.54) is 0 Å². The number of hydrogen-bond acceptors (Lipinski definition) is 3. The summed E-state index contributed by atoms with van der Waals surface area (Å²) in [6.07, 6.45) is 1.80. The van der Waals surface area contributed by atoms with E-state index < -0.39 is 0 Å². The van der Waals surface area contributed by atoms with Crippen molar-refractivity contribution in [1.82, 2.24) is 10.2 Å². The van der Waals surface area contributed by atoms with Gasteiger partial charge in [0, 0.05) is 6.04 Å². The molecule has 0 amide bonds. The Bertz CT molecular complexity index is 115. The average Bonchev–Trinajstić information content (AvgIpc) is 1.96. The van der Waals surface area contributed by atoms with Crippen molar-refractivity contribution < 1.29 is 5.11 Å². The van der Waals surface area contributed by atoms with Gasteiger partial charge in [0.05, 0.1) is 6.10 Å². The summed E-state index contributed by atoms with van der Waals surface area (Å²) in [6, 6.07) is 0.419. The Kier molecular flexibility index (Phi) is 7.23. The summed E-state index contributed by atoms with van der Waals surface area (Å²) in [7, 11) is 4.17. The van der Waals surface area contributed by atoms with Gasteiger partial charge in [0.2, 0.25) is 0 Å². The van der Waals surface area contributed by atoms with E-state index in [1.807, 2.05) is 6.92 Å². The van der Waals surface area contributed by atoms with Gasteiger partial charge in [0.15, 0.2) is 0 Å². The molecule has 0 aromatic rings. The SMILES string of the molecule is CC(O)CC(C)NCCCN(C)C. The highest BCUT2D eigenvalue weighted by Gasteiger charge is 2.04. The summed E-state index contributed by atoms with van der Waals surface area (Å²) >= 11 is 0. The molecule has 0 heterocycles. The molecule has 2 N–H and O–H groups in total. The van der Waals surface area contributed by atoms with Crippen molar-refractivity contribution in [3.8, 4) is 0 Å². The van der Waals surface area contributed by atoms with Gasteiger partial charge >= 0.3 is 0 Å². The van der Waals surface area contributed by atoms with E-state index in [2.05, 4.69) is 31.2 Å². The Morgan fingerprint density at radius 1 is 1.31 bits per heavy atom. The van der Waals surface area contributed by atoms with Crippen LogP contribution in [0.25, 0.3) is 0 Å². The molecular formula is C10H24N2O. The molecule has 0 aliphatic rings. The first kappa shape index (κ1) is 12.9. The van der Waals surface area contributed by atoms with Gasteiger partial charge in [-0.3, -0.25) is 0 Å². The zero-order chi connectivity index (χ0) is 10.3. The maximum absolute atomic E-state index is 9.12. The van der Waals surface area contributed by atoms with E-state index in [0.717, 1.165) is 25.9 Å². The second kappa shape index (κ2) is 7.30. The fourth-order valence-corrected chi connectivity index (χ4v) is 1.34. The maximum atomic E-state index is 9.12. The van der Waals surface area contributed by atoms with Crippen molar-refractivity contribution in [2.45, 2.75) is 38.8 Å². The zero-order valence-electron chi connectivity index (χ0n) is 9.38. The first-order valence-electron chi connectivity index (χ1n) is 5.08. The van der Waals surface area contributed by atoms with Crippen molar-refractivity contribution in [2.24, 2.45) is 0 Å². The predicted molar refractivity (Wildman–Crippen MR) is 56.9 cm³/mol. The second-order valence-electron chi connectivity index (χ2n) is 4.10. The molecule has 80 valence electrons. The van der Waals surface area contributed by atoms with E-state index in [-0.39, 0.29) is 6.10 Å². The molecule has 0 bridgehead atoms. The molecule has 3 nitrogen and oxygen atoms in total. The van der Waals surface area contributed by atoms with Gasteiger partial charge in [-0.1, -0.05) is 0 Å². The summed E-state index contributed by atoms with van der Waals surface area (Å²) in [4.78, 5) is 2.18. The summed E-state index contributed by atoms with van der Waals surface area (Å²) in [5, 5.41) is 12.5. The molecule has 13 heavy (non-hydrogen) atoms. The monoisotopic (exact) mass is 188 g/mol. The number of nitrogens with zero attached hydrogens (tertiary/aromatic N) is 1. The summed E-state index contributed by atoms with van der Waals surface area (Å²) in [5.41, 5.74) is 0. The molecule has 3 heteroatoms. The predicted octanol–water partition coefficient (Wildman–Crippen LogP) is 0.687. The van der Waals surface area contributed by atoms with Crippen LogP contribution in [0.2, 0.25) is 0 Å². The molecule has 0 aromatic heterocycles. The largest absolute Gasteiger partial charge is 0.393 e. The molecule has 2 atom stereocenters. The topological polar surface area (TPSA) is 35.5 Å². The molecule has 0 aliphatic carbocycles. The average molecular weight is 188 g/mol. The third-order valence-corrected chi connectivity index (χ3v) is 1.97. The smallest absolute Gasteiger partial charge is 0.0526 e. The molecule has 0 fully saturated rings. The van der Waals surface area contributed by atoms with Crippen LogP contribution in [0.5, 0.6) is 0 Å². The third kappa shape index (κ3) is 9.80. The lowest BCUT2D eigenvalue weighted by atomic mass is 10.1. The van der Waals surface area contributed by atoms with Gasteiger partial charge in [-0.2, -0.15) is 0 Å². The molecule has 0 saturated carbocycles. The van der Waals surface area contributed by atoms with E-state index in [1.54, 1.807) is 0 Å². The first-order valence-corrected chi connectivity index (χ1v) is 5.08.